The van der Waals surface area contributed by atoms with Gasteiger partial charge in [-0.1, -0.05) is 0 Å². The Labute approximate surface area is 68.7 Å². The highest BCUT2D eigenvalue weighted by Gasteiger charge is 2.29. The van der Waals surface area contributed by atoms with Gasteiger partial charge in [0.2, 0.25) is 0 Å². The molecule has 1 saturated carbocycles. The summed E-state index contributed by atoms with van der Waals surface area (Å²) >= 11 is 0. The minimum absolute atomic E-state index is 0.524. The molecule has 0 aromatic heterocycles. The first-order valence-electron chi connectivity index (χ1n) is 4.84. The van der Waals surface area contributed by atoms with Crippen LogP contribution in [0.4, 0.5) is 0 Å². The summed E-state index contributed by atoms with van der Waals surface area (Å²) in [4.78, 5) is 2.57. The van der Waals surface area contributed by atoms with E-state index in [4.69, 9.17) is 5.73 Å². The van der Waals surface area contributed by atoms with Crippen molar-refractivity contribution in [3.63, 3.8) is 0 Å². The third-order valence-corrected chi connectivity index (χ3v) is 3.17. The maximum Gasteiger partial charge on any atom is 0.00795 e. The van der Waals surface area contributed by atoms with Crippen LogP contribution in [-0.2, 0) is 0 Å². The van der Waals surface area contributed by atoms with Gasteiger partial charge < -0.3 is 10.6 Å². The molecule has 1 aliphatic carbocycles. The molecule has 2 fully saturated rings. The summed E-state index contributed by atoms with van der Waals surface area (Å²) in [7, 11) is 0. The monoisotopic (exact) mass is 154 g/mol. The normalized spacial score (nSPS) is 39.0. The van der Waals surface area contributed by atoms with Crippen LogP contribution >= 0.6 is 0 Å². The predicted molar refractivity (Wildman–Crippen MR) is 46.4 cm³/mol. The lowest BCUT2D eigenvalue weighted by molar-refractivity contribution is 0.175. The summed E-state index contributed by atoms with van der Waals surface area (Å²) in [5, 5.41) is 0. The largest absolute Gasteiger partial charge is 0.327 e. The van der Waals surface area contributed by atoms with Crippen molar-refractivity contribution in [1.29, 1.82) is 0 Å². The third kappa shape index (κ3) is 1.57. The van der Waals surface area contributed by atoms with E-state index in [-0.39, 0.29) is 0 Å². The van der Waals surface area contributed by atoms with Crippen LogP contribution in [0.15, 0.2) is 0 Å². The fraction of sp³-hybridized carbons (Fsp3) is 1.00. The van der Waals surface area contributed by atoms with Gasteiger partial charge in [-0.05, 0) is 44.7 Å². The molecule has 64 valence electrons. The van der Waals surface area contributed by atoms with E-state index >= 15 is 0 Å². The van der Waals surface area contributed by atoms with Crippen molar-refractivity contribution in [2.75, 3.05) is 19.6 Å². The highest BCUT2D eigenvalue weighted by Crippen LogP contribution is 2.27. The predicted octanol–water partition coefficient (Wildman–Crippen LogP) is 0.819. The Kier molecular flexibility index (Phi) is 2.14. The van der Waals surface area contributed by atoms with Gasteiger partial charge in [-0.3, -0.25) is 0 Å². The fourth-order valence-electron chi connectivity index (χ4n) is 2.12. The minimum Gasteiger partial charge on any atom is -0.327 e. The molecule has 2 heteroatoms. The molecular weight excluding hydrogens is 136 g/mol. The Hall–Kier alpha value is -0.0800. The molecule has 2 nitrogen and oxygen atoms in total. The van der Waals surface area contributed by atoms with E-state index in [1.807, 2.05) is 0 Å². The number of nitrogens with two attached hydrogens (primary N) is 1. The number of hydrogen-bond acceptors (Lipinski definition) is 2. The Balaban J connectivity index is 1.72. The Morgan fingerprint density at radius 2 is 1.91 bits per heavy atom. The van der Waals surface area contributed by atoms with Crippen molar-refractivity contribution >= 4 is 0 Å². The van der Waals surface area contributed by atoms with Crippen LogP contribution in [0.3, 0.4) is 0 Å². The molecule has 1 saturated heterocycles. The first-order chi connectivity index (χ1) is 5.36. The quantitative estimate of drug-likeness (QED) is 0.638. The van der Waals surface area contributed by atoms with Crippen LogP contribution < -0.4 is 5.73 Å². The molecule has 0 radical (unpaired) electrons. The minimum atomic E-state index is 0.524. The number of rotatable bonds is 2. The van der Waals surface area contributed by atoms with E-state index in [0.717, 1.165) is 5.92 Å². The molecule has 0 aromatic carbocycles. The second-order valence-electron chi connectivity index (χ2n) is 4.01. The smallest absolute Gasteiger partial charge is 0.00795 e. The zero-order valence-corrected chi connectivity index (χ0v) is 7.13. The highest BCUT2D eigenvalue weighted by atomic mass is 15.1. The highest BCUT2D eigenvalue weighted by molar-refractivity contribution is 4.86. The van der Waals surface area contributed by atoms with E-state index in [2.05, 4.69) is 4.90 Å². The lowest BCUT2D eigenvalue weighted by Gasteiger charge is -2.36. The molecule has 0 aromatic rings. The molecule has 11 heavy (non-hydrogen) atoms. The molecule has 2 aliphatic rings. The zero-order chi connectivity index (χ0) is 7.68. The van der Waals surface area contributed by atoms with Gasteiger partial charge in [0.25, 0.3) is 0 Å². The standard InChI is InChI=1S/C9H18N2/c10-9-4-3-8(9)7-11-5-1-2-6-11/h8-9H,1-7,10H2/t8-,9-/m0/s1. The van der Waals surface area contributed by atoms with Crippen molar-refractivity contribution in [3.8, 4) is 0 Å². The van der Waals surface area contributed by atoms with Gasteiger partial charge in [0.05, 0.1) is 0 Å². The topological polar surface area (TPSA) is 29.3 Å². The van der Waals surface area contributed by atoms with Crippen LogP contribution in [0, 0.1) is 5.92 Å². The van der Waals surface area contributed by atoms with Gasteiger partial charge >= 0.3 is 0 Å². The maximum atomic E-state index is 5.87. The van der Waals surface area contributed by atoms with Crippen molar-refractivity contribution in [1.82, 2.24) is 4.90 Å². The van der Waals surface area contributed by atoms with E-state index in [1.54, 1.807) is 0 Å². The van der Waals surface area contributed by atoms with Crippen LogP contribution in [0.5, 0.6) is 0 Å². The molecule has 0 unspecified atom stereocenters. The molecule has 2 rings (SSSR count). The van der Waals surface area contributed by atoms with Crippen molar-refractivity contribution in [3.05, 3.63) is 0 Å². The number of likely N-dealkylation sites (tertiary alicyclic amines) is 1. The van der Waals surface area contributed by atoms with E-state index < -0.39 is 0 Å². The van der Waals surface area contributed by atoms with Crippen molar-refractivity contribution in [2.24, 2.45) is 11.7 Å². The van der Waals surface area contributed by atoms with Crippen LogP contribution in [0.2, 0.25) is 0 Å². The SMILES string of the molecule is N[C@H]1CC[C@H]1CN1CCCC1. The third-order valence-electron chi connectivity index (χ3n) is 3.17. The summed E-state index contributed by atoms with van der Waals surface area (Å²) in [6.45, 7) is 3.92. The maximum absolute atomic E-state index is 5.87. The van der Waals surface area contributed by atoms with Crippen LogP contribution in [0.25, 0.3) is 0 Å². The summed E-state index contributed by atoms with van der Waals surface area (Å²) in [6, 6.07) is 0.524. The summed E-state index contributed by atoms with van der Waals surface area (Å²) < 4.78 is 0. The Bertz CT molecular complexity index is 130. The first-order valence-corrected chi connectivity index (χ1v) is 4.84. The van der Waals surface area contributed by atoms with Gasteiger partial charge in [-0.2, -0.15) is 0 Å². The average Bonchev–Trinajstić information content (AvgIpc) is 2.49. The average molecular weight is 154 g/mol. The fourth-order valence-corrected chi connectivity index (χ4v) is 2.12. The number of hydrogen-bond donors (Lipinski definition) is 1. The Morgan fingerprint density at radius 3 is 2.36 bits per heavy atom. The molecule has 0 spiro atoms. The van der Waals surface area contributed by atoms with Gasteiger partial charge in [0.15, 0.2) is 0 Å². The lowest BCUT2D eigenvalue weighted by Crippen LogP contribution is -2.45. The van der Waals surface area contributed by atoms with Crippen LogP contribution in [-0.4, -0.2) is 30.6 Å². The van der Waals surface area contributed by atoms with Gasteiger partial charge in [0.1, 0.15) is 0 Å². The first kappa shape index (κ1) is 7.56. The molecular formula is C9H18N2. The van der Waals surface area contributed by atoms with Crippen LogP contribution in [0.1, 0.15) is 25.7 Å². The second kappa shape index (κ2) is 3.11. The molecule has 2 N–H and O–H groups in total. The van der Waals surface area contributed by atoms with E-state index in [9.17, 15) is 0 Å². The summed E-state index contributed by atoms with van der Waals surface area (Å²) in [5.41, 5.74) is 5.87. The van der Waals surface area contributed by atoms with E-state index in [1.165, 1.54) is 45.3 Å². The Morgan fingerprint density at radius 1 is 1.18 bits per heavy atom. The molecule has 1 aliphatic heterocycles. The van der Waals surface area contributed by atoms with Gasteiger partial charge in [-0.25, -0.2) is 0 Å². The molecule has 0 amide bonds. The van der Waals surface area contributed by atoms with Gasteiger partial charge in [-0.15, -0.1) is 0 Å². The molecule has 0 bridgehead atoms. The van der Waals surface area contributed by atoms with Gasteiger partial charge in [0, 0.05) is 12.6 Å². The molecule has 2 atom stereocenters. The summed E-state index contributed by atoms with van der Waals surface area (Å²) in [5.74, 6) is 0.827. The van der Waals surface area contributed by atoms with Crippen molar-refractivity contribution < 1.29 is 0 Å². The number of nitrogens with zero attached hydrogens (tertiary/aromatic N) is 1. The second-order valence-corrected chi connectivity index (χ2v) is 4.01. The lowest BCUT2D eigenvalue weighted by atomic mass is 9.80. The van der Waals surface area contributed by atoms with Crippen molar-refractivity contribution in [2.45, 2.75) is 31.7 Å². The van der Waals surface area contributed by atoms with E-state index in [0.29, 0.717) is 6.04 Å². The molecule has 1 heterocycles. The zero-order valence-electron chi connectivity index (χ0n) is 7.13. The summed E-state index contributed by atoms with van der Waals surface area (Å²) in [6.07, 6.45) is 5.44.